The molecule has 0 radical (unpaired) electrons. The van der Waals surface area contributed by atoms with Crippen LogP contribution in [0.15, 0.2) is 54.1 Å². The molecule has 0 saturated heterocycles. The maximum absolute atomic E-state index is 13.5. The average Bonchev–Trinajstić information content (AvgIpc) is 2.59. The highest BCUT2D eigenvalue weighted by Crippen LogP contribution is 2.17. The zero-order valence-corrected chi connectivity index (χ0v) is 14.1. The second kappa shape index (κ2) is 8.65. The van der Waals surface area contributed by atoms with Gasteiger partial charge in [-0.1, -0.05) is 30.3 Å². The molecule has 5 heteroatoms. The smallest absolute Gasteiger partial charge is 0.262 e. The molecule has 4 nitrogen and oxygen atoms in total. The summed E-state index contributed by atoms with van der Waals surface area (Å²) >= 11 is 0. The van der Waals surface area contributed by atoms with Crippen LogP contribution in [0.25, 0.3) is 6.08 Å². The van der Waals surface area contributed by atoms with Gasteiger partial charge in [0.05, 0.1) is 0 Å². The lowest BCUT2D eigenvalue weighted by Gasteiger charge is -2.08. The van der Waals surface area contributed by atoms with Gasteiger partial charge >= 0.3 is 0 Å². The molecule has 2 rings (SSSR count). The minimum atomic E-state index is -0.405. The molecule has 0 aromatic heterocycles. The second-order valence-corrected chi connectivity index (χ2v) is 5.75. The summed E-state index contributed by atoms with van der Waals surface area (Å²) in [6.07, 6.45) is 1.51. The van der Waals surface area contributed by atoms with Gasteiger partial charge in [0.2, 0.25) is 0 Å². The molecule has 0 aliphatic heterocycles. The van der Waals surface area contributed by atoms with E-state index in [0.717, 1.165) is 0 Å². The number of hydrogen-bond acceptors (Lipinski definition) is 3. The monoisotopic (exact) mass is 338 g/mol. The number of halogens is 1. The third-order valence-electron chi connectivity index (χ3n) is 3.33. The summed E-state index contributed by atoms with van der Waals surface area (Å²) in [5.74, 6) is -0.139. The Morgan fingerprint density at radius 1 is 1.24 bits per heavy atom. The standard InChI is InChI=1S/C20H19FN2O2/c1-14(2)23-20(24)17(12-22)11-15-7-9-18(10-8-15)25-13-16-5-3-4-6-19(16)21/h3-11,14H,13H2,1-2H3,(H,23,24)/b17-11+. The Hall–Kier alpha value is -3.13. The van der Waals surface area contributed by atoms with Gasteiger partial charge in [0, 0.05) is 11.6 Å². The van der Waals surface area contributed by atoms with Gasteiger partial charge < -0.3 is 10.1 Å². The van der Waals surface area contributed by atoms with E-state index >= 15 is 0 Å². The lowest BCUT2D eigenvalue weighted by molar-refractivity contribution is -0.117. The fourth-order valence-electron chi connectivity index (χ4n) is 2.09. The number of rotatable bonds is 6. The number of carbonyl (C=O) groups excluding carboxylic acids is 1. The summed E-state index contributed by atoms with van der Waals surface area (Å²) in [5, 5.41) is 11.8. The summed E-state index contributed by atoms with van der Waals surface area (Å²) in [7, 11) is 0. The van der Waals surface area contributed by atoms with Crippen molar-refractivity contribution in [3.8, 4) is 11.8 Å². The molecule has 0 heterocycles. The Bertz CT molecular complexity index is 805. The summed E-state index contributed by atoms with van der Waals surface area (Å²) in [6.45, 7) is 3.78. The van der Waals surface area contributed by atoms with Crippen molar-refractivity contribution in [2.24, 2.45) is 0 Å². The van der Waals surface area contributed by atoms with E-state index in [-0.39, 0.29) is 24.0 Å². The van der Waals surface area contributed by atoms with Gasteiger partial charge in [0.1, 0.15) is 29.8 Å². The molecule has 0 fully saturated rings. The molecule has 0 bridgehead atoms. The molecule has 128 valence electrons. The van der Waals surface area contributed by atoms with E-state index in [1.807, 2.05) is 19.9 Å². The highest BCUT2D eigenvalue weighted by molar-refractivity contribution is 6.01. The third kappa shape index (κ3) is 5.47. The maximum atomic E-state index is 13.5. The van der Waals surface area contributed by atoms with Crippen LogP contribution in [0.3, 0.4) is 0 Å². The predicted molar refractivity (Wildman–Crippen MR) is 94.0 cm³/mol. The number of nitrogens with zero attached hydrogens (tertiary/aromatic N) is 1. The number of amides is 1. The van der Waals surface area contributed by atoms with Gasteiger partial charge in [0.25, 0.3) is 5.91 Å². The quantitative estimate of drug-likeness (QED) is 0.643. The first-order valence-electron chi connectivity index (χ1n) is 7.88. The normalized spacial score (nSPS) is 11.1. The first kappa shape index (κ1) is 18.2. The van der Waals surface area contributed by atoms with Crippen LogP contribution in [-0.2, 0) is 11.4 Å². The van der Waals surface area contributed by atoms with E-state index < -0.39 is 5.91 Å². The first-order chi connectivity index (χ1) is 12.0. The highest BCUT2D eigenvalue weighted by Gasteiger charge is 2.10. The number of ether oxygens (including phenoxy) is 1. The molecule has 2 aromatic carbocycles. The van der Waals surface area contributed by atoms with E-state index in [4.69, 9.17) is 10.00 Å². The van der Waals surface area contributed by atoms with Crippen molar-refractivity contribution in [1.82, 2.24) is 5.32 Å². The molecule has 0 atom stereocenters. The van der Waals surface area contributed by atoms with Crippen molar-refractivity contribution in [2.45, 2.75) is 26.5 Å². The van der Waals surface area contributed by atoms with Crippen LogP contribution < -0.4 is 10.1 Å². The number of nitriles is 1. The van der Waals surface area contributed by atoms with Gasteiger partial charge in [-0.25, -0.2) is 4.39 Å². The molecule has 0 unspecified atom stereocenters. The molecule has 0 aliphatic rings. The first-order valence-corrected chi connectivity index (χ1v) is 7.88. The Balaban J connectivity index is 2.04. The third-order valence-corrected chi connectivity index (χ3v) is 3.33. The molecular formula is C20H19FN2O2. The van der Waals surface area contributed by atoms with Crippen molar-refractivity contribution in [1.29, 1.82) is 5.26 Å². The zero-order valence-electron chi connectivity index (χ0n) is 14.1. The topological polar surface area (TPSA) is 62.1 Å². The van der Waals surface area contributed by atoms with Crippen LogP contribution in [0.1, 0.15) is 25.0 Å². The van der Waals surface area contributed by atoms with E-state index in [1.54, 1.807) is 42.5 Å². The molecule has 2 aromatic rings. The molecular weight excluding hydrogens is 319 g/mol. The minimum Gasteiger partial charge on any atom is -0.489 e. The Morgan fingerprint density at radius 2 is 1.92 bits per heavy atom. The van der Waals surface area contributed by atoms with Crippen molar-refractivity contribution in [2.75, 3.05) is 0 Å². The van der Waals surface area contributed by atoms with Gasteiger partial charge in [0.15, 0.2) is 0 Å². The number of hydrogen-bond donors (Lipinski definition) is 1. The second-order valence-electron chi connectivity index (χ2n) is 5.75. The minimum absolute atomic E-state index is 0.0359. The Labute approximate surface area is 146 Å². The summed E-state index contributed by atoms with van der Waals surface area (Å²) in [4.78, 5) is 11.9. The molecule has 25 heavy (non-hydrogen) atoms. The van der Waals surface area contributed by atoms with E-state index in [1.165, 1.54) is 12.1 Å². The summed E-state index contributed by atoms with van der Waals surface area (Å²) < 4.78 is 19.1. The highest BCUT2D eigenvalue weighted by atomic mass is 19.1. The van der Waals surface area contributed by atoms with Crippen molar-refractivity contribution >= 4 is 12.0 Å². The zero-order chi connectivity index (χ0) is 18.2. The lowest BCUT2D eigenvalue weighted by Crippen LogP contribution is -2.30. The van der Waals surface area contributed by atoms with Crippen molar-refractivity contribution in [3.63, 3.8) is 0 Å². The van der Waals surface area contributed by atoms with Crippen LogP contribution in [0, 0.1) is 17.1 Å². The lowest BCUT2D eigenvalue weighted by atomic mass is 10.1. The predicted octanol–water partition coefficient (Wildman–Crippen LogP) is 3.84. The average molecular weight is 338 g/mol. The largest absolute Gasteiger partial charge is 0.489 e. The van der Waals surface area contributed by atoms with Gasteiger partial charge in [-0.2, -0.15) is 5.26 Å². The molecule has 0 saturated carbocycles. The van der Waals surface area contributed by atoms with Crippen molar-refractivity contribution < 1.29 is 13.9 Å². The fraction of sp³-hybridized carbons (Fsp3) is 0.200. The molecule has 1 N–H and O–H groups in total. The molecule has 0 spiro atoms. The van der Waals surface area contributed by atoms with Crippen LogP contribution in [0.4, 0.5) is 4.39 Å². The van der Waals surface area contributed by atoms with Crippen LogP contribution >= 0.6 is 0 Å². The fourth-order valence-corrected chi connectivity index (χ4v) is 2.09. The van der Waals surface area contributed by atoms with E-state index in [9.17, 15) is 9.18 Å². The number of nitrogens with one attached hydrogen (secondary N) is 1. The van der Waals surface area contributed by atoms with Crippen LogP contribution in [-0.4, -0.2) is 11.9 Å². The SMILES string of the molecule is CC(C)NC(=O)/C(C#N)=C/c1ccc(OCc2ccccc2F)cc1. The van der Waals surface area contributed by atoms with E-state index in [2.05, 4.69) is 5.32 Å². The van der Waals surface area contributed by atoms with Crippen molar-refractivity contribution in [3.05, 3.63) is 71.0 Å². The Morgan fingerprint density at radius 3 is 2.52 bits per heavy atom. The van der Waals surface area contributed by atoms with Gasteiger partial charge in [-0.15, -0.1) is 0 Å². The molecule has 0 aliphatic carbocycles. The number of benzene rings is 2. The van der Waals surface area contributed by atoms with Crippen LogP contribution in [0.5, 0.6) is 5.75 Å². The van der Waals surface area contributed by atoms with Gasteiger partial charge in [-0.05, 0) is 43.7 Å². The maximum Gasteiger partial charge on any atom is 0.262 e. The summed E-state index contributed by atoms with van der Waals surface area (Å²) in [5.41, 5.74) is 1.21. The van der Waals surface area contributed by atoms with E-state index in [0.29, 0.717) is 16.9 Å². The van der Waals surface area contributed by atoms with Gasteiger partial charge in [-0.3, -0.25) is 4.79 Å². The van der Waals surface area contributed by atoms with Crippen LogP contribution in [0.2, 0.25) is 0 Å². The summed E-state index contributed by atoms with van der Waals surface area (Å²) in [6, 6.07) is 15.2. The molecule has 1 amide bonds. The number of carbonyl (C=O) groups is 1. The Kier molecular flexibility index (Phi) is 6.30.